The first-order valence-electron chi connectivity index (χ1n) is 3.93. The van der Waals surface area contributed by atoms with Crippen LogP contribution in [0.3, 0.4) is 0 Å². The number of benzene rings is 1. The highest BCUT2D eigenvalue weighted by Gasteiger charge is 2.15. The van der Waals surface area contributed by atoms with Gasteiger partial charge < -0.3 is 10.8 Å². The molecule has 0 saturated heterocycles. The van der Waals surface area contributed by atoms with Crippen LogP contribution in [0.2, 0.25) is 0 Å². The van der Waals surface area contributed by atoms with Gasteiger partial charge in [0.15, 0.2) is 0 Å². The molecule has 0 aromatic heterocycles. The summed E-state index contributed by atoms with van der Waals surface area (Å²) in [5.41, 5.74) is 6.05. The van der Waals surface area contributed by atoms with Crippen molar-refractivity contribution in [3.05, 3.63) is 34.1 Å². The van der Waals surface area contributed by atoms with Crippen LogP contribution in [0.1, 0.15) is 18.0 Å². The SMILES string of the molecule is N[C@H](CC(=O)O)c1cccc(F)c1Br. The van der Waals surface area contributed by atoms with Crippen molar-refractivity contribution < 1.29 is 14.3 Å². The molecule has 1 rings (SSSR count). The largest absolute Gasteiger partial charge is 0.481 e. The first-order valence-corrected chi connectivity index (χ1v) is 4.73. The molecule has 0 heterocycles. The molecule has 0 unspecified atom stereocenters. The lowest BCUT2D eigenvalue weighted by Gasteiger charge is -2.11. The molecule has 0 amide bonds. The zero-order chi connectivity index (χ0) is 10.7. The molecule has 0 bridgehead atoms. The van der Waals surface area contributed by atoms with E-state index in [1.54, 1.807) is 6.07 Å². The fourth-order valence-electron chi connectivity index (χ4n) is 1.10. The standard InChI is InChI=1S/C9H9BrFNO2/c10-9-5(2-1-3-6(9)11)7(12)4-8(13)14/h1-3,7H,4,12H2,(H,13,14)/t7-/m1/s1. The smallest absolute Gasteiger partial charge is 0.305 e. The highest BCUT2D eigenvalue weighted by Crippen LogP contribution is 2.26. The van der Waals surface area contributed by atoms with Gasteiger partial charge in [-0.25, -0.2) is 4.39 Å². The van der Waals surface area contributed by atoms with Gasteiger partial charge in [0.05, 0.1) is 10.9 Å². The summed E-state index contributed by atoms with van der Waals surface area (Å²) in [6.07, 6.45) is -0.220. The number of rotatable bonds is 3. The van der Waals surface area contributed by atoms with Gasteiger partial charge in [0, 0.05) is 6.04 Å². The average molecular weight is 262 g/mol. The third-order valence-electron chi connectivity index (χ3n) is 1.78. The van der Waals surface area contributed by atoms with Crippen molar-refractivity contribution >= 4 is 21.9 Å². The fraction of sp³-hybridized carbons (Fsp3) is 0.222. The second-order valence-electron chi connectivity index (χ2n) is 2.85. The Labute approximate surface area is 88.9 Å². The highest BCUT2D eigenvalue weighted by molar-refractivity contribution is 9.10. The van der Waals surface area contributed by atoms with E-state index in [0.29, 0.717) is 5.56 Å². The van der Waals surface area contributed by atoms with Gasteiger partial charge in [-0.05, 0) is 27.6 Å². The highest BCUT2D eigenvalue weighted by atomic mass is 79.9. The maximum absolute atomic E-state index is 13.0. The Balaban J connectivity index is 2.95. The van der Waals surface area contributed by atoms with Crippen LogP contribution < -0.4 is 5.73 Å². The van der Waals surface area contributed by atoms with E-state index in [9.17, 15) is 9.18 Å². The average Bonchev–Trinajstić information content (AvgIpc) is 2.08. The number of aliphatic carboxylic acids is 1. The maximum Gasteiger partial charge on any atom is 0.305 e. The Morgan fingerprint density at radius 3 is 2.86 bits per heavy atom. The summed E-state index contributed by atoms with van der Waals surface area (Å²) in [7, 11) is 0. The van der Waals surface area contributed by atoms with Crippen molar-refractivity contribution in [2.75, 3.05) is 0 Å². The van der Waals surface area contributed by atoms with Gasteiger partial charge in [0.25, 0.3) is 0 Å². The topological polar surface area (TPSA) is 63.3 Å². The van der Waals surface area contributed by atoms with Gasteiger partial charge in [-0.2, -0.15) is 0 Å². The van der Waals surface area contributed by atoms with Crippen LogP contribution in [0.4, 0.5) is 4.39 Å². The van der Waals surface area contributed by atoms with Crippen molar-refractivity contribution in [1.29, 1.82) is 0 Å². The second kappa shape index (κ2) is 4.52. The minimum absolute atomic E-state index is 0.220. The molecule has 1 aromatic rings. The van der Waals surface area contributed by atoms with Crippen molar-refractivity contribution in [3.63, 3.8) is 0 Å². The number of hydrogen-bond donors (Lipinski definition) is 2. The summed E-state index contributed by atoms with van der Waals surface area (Å²) in [6.45, 7) is 0. The zero-order valence-corrected chi connectivity index (χ0v) is 8.79. The minimum atomic E-state index is -1.01. The molecule has 0 radical (unpaired) electrons. The van der Waals surface area contributed by atoms with Crippen molar-refractivity contribution in [2.24, 2.45) is 5.73 Å². The first-order chi connectivity index (χ1) is 6.52. The minimum Gasteiger partial charge on any atom is -0.481 e. The van der Waals surface area contributed by atoms with Crippen LogP contribution in [-0.2, 0) is 4.79 Å². The van der Waals surface area contributed by atoms with E-state index in [1.807, 2.05) is 0 Å². The van der Waals surface area contributed by atoms with Crippen LogP contribution in [-0.4, -0.2) is 11.1 Å². The molecular formula is C9H9BrFNO2. The van der Waals surface area contributed by atoms with Gasteiger partial charge in [-0.15, -0.1) is 0 Å². The molecule has 1 aromatic carbocycles. The number of carboxylic acid groups (broad SMARTS) is 1. The van der Waals surface area contributed by atoms with Crippen LogP contribution in [0.25, 0.3) is 0 Å². The summed E-state index contributed by atoms with van der Waals surface area (Å²) in [6, 6.07) is 3.68. The molecule has 5 heteroatoms. The van der Waals surface area contributed by atoms with Crippen LogP contribution in [0, 0.1) is 5.82 Å². The molecule has 0 saturated carbocycles. The molecule has 3 N–H and O–H groups in total. The van der Waals surface area contributed by atoms with Gasteiger partial charge >= 0.3 is 5.97 Å². The first kappa shape index (κ1) is 11.1. The second-order valence-corrected chi connectivity index (χ2v) is 3.64. The monoisotopic (exact) mass is 261 g/mol. The molecule has 0 aliphatic rings. The Morgan fingerprint density at radius 1 is 1.64 bits per heavy atom. The molecule has 1 atom stereocenters. The fourth-order valence-corrected chi connectivity index (χ4v) is 1.66. The maximum atomic E-state index is 13.0. The third-order valence-corrected chi connectivity index (χ3v) is 2.61. The normalized spacial score (nSPS) is 12.5. The molecular weight excluding hydrogens is 253 g/mol. The number of nitrogens with two attached hydrogens (primary N) is 1. The van der Waals surface area contributed by atoms with Gasteiger partial charge in [-0.3, -0.25) is 4.79 Å². The summed E-state index contributed by atoms with van der Waals surface area (Å²) < 4.78 is 13.3. The summed E-state index contributed by atoms with van der Waals surface area (Å²) in [5, 5.41) is 8.52. The van der Waals surface area contributed by atoms with Crippen molar-refractivity contribution in [3.8, 4) is 0 Å². The van der Waals surface area contributed by atoms with E-state index < -0.39 is 17.8 Å². The van der Waals surface area contributed by atoms with Gasteiger partial charge in [0.2, 0.25) is 0 Å². The number of halogens is 2. The lowest BCUT2D eigenvalue weighted by molar-refractivity contribution is -0.137. The quantitative estimate of drug-likeness (QED) is 0.876. The molecule has 0 spiro atoms. The molecule has 0 aliphatic carbocycles. The van der Waals surface area contributed by atoms with Crippen molar-refractivity contribution in [2.45, 2.75) is 12.5 Å². The van der Waals surface area contributed by atoms with E-state index in [1.165, 1.54) is 12.1 Å². The summed E-state index contributed by atoms with van der Waals surface area (Å²) in [4.78, 5) is 10.4. The Hall–Kier alpha value is -0.940. The molecule has 14 heavy (non-hydrogen) atoms. The van der Waals surface area contributed by atoms with Crippen LogP contribution in [0.15, 0.2) is 22.7 Å². The molecule has 3 nitrogen and oxygen atoms in total. The predicted octanol–water partition coefficient (Wildman–Crippen LogP) is 2.06. The van der Waals surface area contributed by atoms with Gasteiger partial charge in [0.1, 0.15) is 5.82 Å². The Morgan fingerprint density at radius 2 is 2.29 bits per heavy atom. The zero-order valence-electron chi connectivity index (χ0n) is 7.21. The predicted molar refractivity (Wildman–Crippen MR) is 53.3 cm³/mol. The number of carbonyl (C=O) groups is 1. The lowest BCUT2D eigenvalue weighted by atomic mass is 10.1. The van der Waals surface area contributed by atoms with E-state index >= 15 is 0 Å². The summed E-state index contributed by atoms with van der Waals surface area (Å²) in [5.74, 6) is -1.45. The third kappa shape index (κ3) is 2.52. The van der Waals surface area contributed by atoms with E-state index in [4.69, 9.17) is 10.8 Å². The Kier molecular flexibility index (Phi) is 3.60. The number of hydrogen-bond acceptors (Lipinski definition) is 2. The number of carboxylic acids is 1. The van der Waals surface area contributed by atoms with E-state index in [0.717, 1.165) is 0 Å². The lowest BCUT2D eigenvalue weighted by Crippen LogP contribution is -2.15. The van der Waals surface area contributed by atoms with Crippen LogP contribution >= 0.6 is 15.9 Å². The molecule has 76 valence electrons. The van der Waals surface area contributed by atoms with E-state index in [2.05, 4.69) is 15.9 Å². The van der Waals surface area contributed by atoms with Crippen LogP contribution in [0.5, 0.6) is 0 Å². The Bertz CT molecular complexity index is 357. The van der Waals surface area contributed by atoms with E-state index in [-0.39, 0.29) is 10.9 Å². The van der Waals surface area contributed by atoms with Gasteiger partial charge in [-0.1, -0.05) is 12.1 Å². The van der Waals surface area contributed by atoms with Crippen molar-refractivity contribution in [1.82, 2.24) is 0 Å². The molecule has 0 fully saturated rings. The summed E-state index contributed by atoms with van der Waals surface area (Å²) >= 11 is 3.02. The molecule has 0 aliphatic heterocycles.